The quantitative estimate of drug-likeness (QED) is 0.852. The van der Waals surface area contributed by atoms with Gasteiger partial charge in [-0.1, -0.05) is 31.5 Å². The Bertz CT molecular complexity index is 459. The summed E-state index contributed by atoms with van der Waals surface area (Å²) in [6, 6.07) is 6.85. The van der Waals surface area contributed by atoms with E-state index in [1.165, 1.54) is 30.5 Å². The molecule has 0 bridgehead atoms. The molecule has 1 saturated heterocycles. The average molecular weight is 309 g/mol. The second-order valence-electron chi connectivity index (χ2n) is 6.64. The molecule has 1 N–H and O–H groups in total. The van der Waals surface area contributed by atoms with Gasteiger partial charge in [0.15, 0.2) is 0 Å². The first-order valence-corrected chi connectivity index (χ1v) is 8.62. The lowest BCUT2D eigenvalue weighted by atomic mass is 9.89. The highest BCUT2D eigenvalue weighted by atomic mass is 35.5. The first-order valence-electron chi connectivity index (χ1n) is 8.24. The van der Waals surface area contributed by atoms with Crippen molar-refractivity contribution in [3.8, 4) is 0 Å². The van der Waals surface area contributed by atoms with Crippen molar-refractivity contribution in [2.24, 2.45) is 11.8 Å². The van der Waals surface area contributed by atoms with Crippen molar-refractivity contribution in [2.75, 3.05) is 25.0 Å². The third-order valence-electron chi connectivity index (χ3n) is 4.96. The van der Waals surface area contributed by atoms with Crippen molar-refractivity contribution in [1.82, 2.24) is 5.32 Å². The molecule has 0 spiro atoms. The first-order chi connectivity index (χ1) is 10.0. The first kappa shape index (κ1) is 16.6. The zero-order valence-electron chi connectivity index (χ0n) is 13.8. The van der Waals surface area contributed by atoms with Crippen molar-refractivity contribution in [1.29, 1.82) is 0 Å². The highest BCUT2D eigenvalue weighted by Crippen LogP contribution is 2.32. The molecule has 2 rings (SSSR count). The summed E-state index contributed by atoms with van der Waals surface area (Å²) in [6.45, 7) is 9.11. The van der Waals surface area contributed by atoms with Crippen LogP contribution in [0.25, 0.3) is 0 Å². The standard InChI is InChI=1S/C18H29ClN2/c1-13(2)15-6-5-10-21(11-9-15)18-8-7-16(12-17(18)19)14(3)20-4/h7-8,12-15,20H,5-6,9-11H2,1-4H3. The van der Waals surface area contributed by atoms with Gasteiger partial charge in [-0.3, -0.25) is 0 Å². The lowest BCUT2D eigenvalue weighted by Crippen LogP contribution is -2.25. The molecule has 118 valence electrons. The van der Waals surface area contributed by atoms with Gasteiger partial charge >= 0.3 is 0 Å². The minimum atomic E-state index is 0.339. The Balaban J connectivity index is 2.11. The zero-order valence-corrected chi connectivity index (χ0v) is 14.6. The minimum absolute atomic E-state index is 0.339. The van der Waals surface area contributed by atoms with Gasteiger partial charge in [-0.25, -0.2) is 0 Å². The van der Waals surface area contributed by atoms with E-state index in [1.807, 2.05) is 7.05 Å². The molecule has 21 heavy (non-hydrogen) atoms. The second kappa shape index (κ2) is 7.51. The van der Waals surface area contributed by atoms with Crippen LogP contribution in [0, 0.1) is 11.8 Å². The summed E-state index contributed by atoms with van der Waals surface area (Å²) in [5.41, 5.74) is 2.45. The second-order valence-corrected chi connectivity index (χ2v) is 7.05. The fourth-order valence-corrected chi connectivity index (χ4v) is 3.55. The van der Waals surface area contributed by atoms with E-state index in [0.717, 1.165) is 29.9 Å². The van der Waals surface area contributed by atoms with Gasteiger partial charge in [-0.2, -0.15) is 0 Å². The van der Waals surface area contributed by atoms with Crippen LogP contribution in [0.2, 0.25) is 5.02 Å². The summed E-state index contributed by atoms with van der Waals surface area (Å²) in [7, 11) is 1.98. The van der Waals surface area contributed by atoms with Gasteiger partial charge < -0.3 is 10.2 Å². The number of nitrogens with zero attached hydrogens (tertiary/aromatic N) is 1. The Labute approximate surface area is 134 Å². The molecule has 1 aliphatic rings. The number of benzene rings is 1. The lowest BCUT2D eigenvalue weighted by Gasteiger charge is -2.25. The van der Waals surface area contributed by atoms with Gasteiger partial charge in [0.1, 0.15) is 0 Å². The van der Waals surface area contributed by atoms with Gasteiger partial charge in [0.2, 0.25) is 0 Å². The SMILES string of the molecule is CNC(C)c1ccc(N2CCCC(C(C)C)CC2)c(Cl)c1. The maximum absolute atomic E-state index is 6.55. The molecule has 0 amide bonds. The van der Waals surface area contributed by atoms with E-state index >= 15 is 0 Å². The molecule has 3 heteroatoms. The van der Waals surface area contributed by atoms with Crippen LogP contribution < -0.4 is 10.2 Å². The third-order valence-corrected chi connectivity index (χ3v) is 5.26. The molecule has 1 aromatic carbocycles. The maximum atomic E-state index is 6.55. The molecule has 1 heterocycles. The van der Waals surface area contributed by atoms with E-state index in [1.54, 1.807) is 0 Å². The van der Waals surface area contributed by atoms with Crippen molar-refractivity contribution >= 4 is 17.3 Å². The van der Waals surface area contributed by atoms with Crippen molar-refractivity contribution in [3.63, 3.8) is 0 Å². The third kappa shape index (κ3) is 4.14. The van der Waals surface area contributed by atoms with Crippen LogP contribution in [0.3, 0.4) is 0 Å². The summed E-state index contributed by atoms with van der Waals surface area (Å²) in [6.07, 6.45) is 3.90. The van der Waals surface area contributed by atoms with Crippen molar-refractivity contribution in [3.05, 3.63) is 28.8 Å². The Kier molecular flexibility index (Phi) is 5.95. The number of halogens is 1. The predicted molar refractivity (Wildman–Crippen MR) is 93.3 cm³/mol. The van der Waals surface area contributed by atoms with Gasteiger partial charge in [-0.15, -0.1) is 0 Å². The zero-order chi connectivity index (χ0) is 15.4. The van der Waals surface area contributed by atoms with E-state index in [4.69, 9.17) is 11.6 Å². The van der Waals surface area contributed by atoms with Crippen LogP contribution in [0.4, 0.5) is 5.69 Å². The maximum Gasteiger partial charge on any atom is 0.0642 e. The minimum Gasteiger partial charge on any atom is -0.370 e. The molecule has 0 aromatic heterocycles. The monoisotopic (exact) mass is 308 g/mol. The molecule has 0 aliphatic carbocycles. The van der Waals surface area contributed by atoms with Gasteiger partial charge in [0.25, 0.3) is 0 Å². The normalized spacial score (nSPS) is 21.4. The summed E-state index contributed by atoms with van der Waals surface area (Å²) in [5.74, 6) is 1.65. The molecule has 1 aliphatic heterocycles. The Hall–Kier alpha value is -0.730. The van der Waals surface area contributed by atoms with Crippen LogP contribution in [-0.2, 0) is 0 Å². The van der Waals surface area contributed by atoms with E-state index in [-0.39, 0.29) is 0 Å². The highest BCUT2D eigenvalue weighted by molar-refractivity contribution is 6.33. The Morgan fingerprint density at radius 2 is 1.95 bits per heavy atom. The largest absolute Gasteiger partial charge is 0.370 e. The average Bonchev–Trinajstić information content (AvgIpc) is 2.72. The molecule has 0 radical (unpaired) electrons. The number of hydrogen-bond acceptors (Lipinski definition) is 2. The van der Waals surface area contributed by atoms with Crippen LogP contribution >= 0.6 is 11.6 Å². The smallest absolute Gasteiger partial charge is 0.0642 e. The molecule has 2 unspecified atom stereocenters. The summed E-state index contributed by atoms with van der Waals surface area (Å²) in [4.78, 5) is 2.47. The van der Waals surface area contributed by atoms with E-state index in [9.17, 15) is 0 Å². The Morgan fingerprint density at radius 1 is 1.19 bits per heavy atom. The molecule has 1 fully saturated rings. The van der Waals surface area contributed by atoms with Crippen LogP contribution in [0.15, 0.2) is 18.2 Å². The van der Waals surface area contributed by atoms with Crippen molar-refractivity contribution in [2.45, 2.75) is 46.1 Å². The lowest BCUT2D eigenvalue weighted by molar-refractivity contribution is 0.351. The molecular formula is C18H29ClN2. The summed E-state index contributed by atoms with van der Waals surface area (Å²) < 4.78 is 0. The molecule has 2 nitrogen and oxygen atoms in total. The summed E-state index contributed by atoms with van der Waals surface area (Å²) in [5, 5.41) is 4.15. The molecule has 0 saturated carbocycles. The number of rotatable bonds is 4. The number of hydrogen-bond donors (Lipinski definition) is 1. The molecule has 2 atom stereocenters. The van der Waals surface area contributed by atoms with Crippen LogP contribution in [0.1, 0.15) is 51.6 Å². The molecular weight excluding hydrogens is 280 g/mol. The summed E-state index contributed by atoms with van der Waals surface area (Å²) >= 11 is 6.55. The fraction of sp³-hybridized carbons (Fsp3) is 0.667. The van der Waals surface area contributed by atoms with E-state index < -0.39 is 0 Å². The van der Waals surface area contributed by atoms with Gasteiger partial charge in [0.05, 0.1) is 10.7 Å². The Morgan fingerprint density at radius 3 is 2.57 bits per heavy atom. The highest BCUT2D eigenvalue weighted by Gasteiger charge is 2.21. The topological polar surface area (TPSA) is 15.3 Å². The van der Waals surface area contributed by atoms with E-state index in [2.05, 4.69) is 49.2 Å². The molecule has 1 aromatic rings. The van der Waals surface area contributed by atoms with Crippen molar-refractivity contribution < 1.29 is 0 Å². The van der Waals surface area contributed by atoms with Gasteiger partial charge in [-0.05, 0) is 62.8 Å². The number of anilines is 1. The van der Waals surface area contributed by atoms with Gasteiger partial charge in [0, 0.05) is 19.1 Å². The fourth-order valence-electron chi connectivity index (χ4n) is 3.25. The predicted octanol–water partition coefficient (Wildman–Crippen LogP) is 4.88. The van der Waals surface area contributed by atoms with Crippen LogP contribution in [-0.4, -0.2) is 20.1 Å². The van der Waals surface area contributed by atoms with E-state index in [0.29, 0.717) is 6.04 Å². The van der Waals surface area contributed by atoms with Crippen LogP contribution in [0.5, 0.6) is 0 Å². The number of nitrogens with one attached hydrogen (secondary N) is 1.